The van der Waals surface area contributed by atoms with E-state index < -0.39 is 0 Å². The van der Waals surface area contributed by atoms with Crippen molar-refractivity contribution in [1.29, 1.82) is 5.26 Å². The van der Waals surface area contributed by atoms with Crippen molar-refractivity contribution < 1.29 is 9.15 Å². The zero-order valence-electron chi connectivity index (χ0n) is 16.0. The molecule has 0 radical (unpaired) electrons. The first-order chi connectivity index (χ1) is 14.2. The lowest BCUT2D eigenvalue weighted by atomic mass is 9.98. The second-order valence-electron chi connectivity index (χ2n) is 6.68. The van der Waals surface area contributed by atoms with Gasteiger partial charge in [-0.2, -0.15) is 5.26 Å². The van der Waals surface area contributed by atoms with Crippen molar-refractivity contribution in [2.24, 2.45) is 0 Å². The number of unbranched alkanes of at least 4 members (excludes halogenated alkanes) is 1. The predicted octanol–water partition coefficient (Wildman–Crippen LogP) is 6.87. The van der Waals surface area contributed by atoms with Crippen LogP contribution in [-0.2, 0) is 0 Å². The molecule has 0 aliphatic rings. The predicted molar refractivity (Wildman–Crippen MR) is 115 cm³/mol. The Labute approximate surface area is 174 Å². The van der Waals surface area contributed by atoms with Crippen molar-refractivity contribution in [3.05, 3.63) is 71.4 Å². The lowest BCUT2D eigenvalue weighted by Crippen LogP contribution is -1.95. The van der Waals surface area contributed by atoms with Crippen LogP contribution in [0.1, 0.15) is 25.3 Å². The Hall–Kier alpha value is -3.29. The lowest BCUT2D eigenvalue weighted by Gasteiger charge is -2.07. The SMILES string of the molecule is CCCCOc1ccc(-c2oc3ncc(C#N)c(Cl)c3c2-c2ccccc2)cc1. The van der Waals surface area contributed by atoms with Gasteiger partial charge < -0.3 is 9.15 Å². The molecule has 29 heavy (non-hydrogen) atoms. The van der Waals surface area contributed by atoms with E-state index in [2.05, 4.69) is 18.0 Å². The number of aromatic nitrogens is 1. The number of halogens is 1. The molecular weight excluding hydrogens is 384 g/mol. The third-order valence-electron chi connectivity index (χ3n) is 4.72. The number of nitriles is 1. The minimum atomic E-state index is 0.323. The summed E-state index contributed by atoms with van der Waals surface area (Å²) in [6, 6.07) is 19.7. The topological polar surface area (TPSA) is 59.1 Å². The zero-order chi connectivity index (χ0) is 20.2. The van der Waals surface area contributed by atoms with Crippen molar-refractivity contribution in [3.63, 3.8) is 0 Å². The maximum atomic E-state index is 9.36. The van der Waals surface area contributed by atoms with Crippen molar-refractivity contribution in [2.45, 2.75) is 19.8 Å². The van der Waals surface area contributed by atoms with Gasteiger partial charge in [0, 0.05) is 11.1 Å². The number of hydrogen-bond acceptors (Lipinski definition) is 4. The average molecular weight is 403 g/mol. The summed E-state index contributed by atoms with van der Waals surface area (Å²) in [5.41, 5.74) is 3.40. The van der Waals surface area contributed by atoms with Crippen molar-refractivity contribution in [1.82, 2.24) is 4.98 Å². The summed E-state index contributed by atoms with van der Waals surface area (Å²) in [5.74, 6) is 1.48. The first-order valence-corrected chi connectivity index (χ1v) is 9.90. The standard InChI is InChI=1S/C24H19ClN2O2/c1-2-3-13-28-19-11-9-17(10-12-19)23-20(16-7-5-4-6-8-16)21-22(25)18(14-26)15-27-24(21)29-23/h4-12,15H,2-3,13H2,1H3. The van der Waals surface area contributed by atoms with Gasteiger partial charge in [0.1, 0.15) is 17.6 Å². The van der Waals surface area contributed by atoms with Crippen LogP contribution < -0.4 is 4.74 Å². The number of rotatable bonds is 6. The van der Waals surface area contributed by atoms with Gasteiger partial charge in [-0.15, -0.1) is 0 Å². The molecule has 2 aromatic carbocycles. The number of pyridine rings is 1. The van der Waals surface area contributed by atoms with Crippen LogP contribution in [-0.4, -0.2) is 11.6 Å². The molecule has 0 amide bonds. The van der Waals surface area contributed by atoms with Crippen LogP contribution in [0.25, 0.3) is 33.6 Å². The second-order valence-corrected chi connectivity index (χ2v) is 7.05. The summed E-state index contributed by atoms with van der Waals surface area (Å²) in [6.45, 7) is 2.84. The Kier molecular flexibility index (Phi) is 5.50. The summed E-state index contributed by atoms with van der Waals surface area (Å²) in [6.07, 6.45) is 3.56. The summed E-state index contributed by atoms with van der Waals surface area (Å²) in [5, 5.41) is 10.4. The number of fused-ring (bicyclic) bond motifs is 1. The first-order valence-electron chi connectivity index (χ1n) is 9.52. The van der Waals surface area contributed by atoms with Crippen LogP contribution in [0.5, 0.6) is 5.75 Å². The Morgan fingerprint density at radius 3 is 2.52 bits per heavy atom. The third kappa shape index (κ3) is 3.70. The van der Waals surface area contributed by atoms with E-state index in [4.69, 9.17) is 20.8 Å². The maximum Gasteiger partial charge on any atom is 0.228 e. The molecule has 5 heteroatoms. The van der Waals surface area contributed by atoms with Gasteiger partial charge in [-0.05, 0) is 36.2 Å². The van der Waals surface area contributed by atoms with Crippen molar-refractivity contribution >= 4 is 22.7 Å². The van der Waals surface area contributed by atoms with Gasteiger partial charge in [0.25, 0.3) is 0 Å². The smallest absolute Gasteiger partial charge is 0.228 e. The normalized spacial score (nSPS) is 10.8. The molecule has 0 unspecified atom stereocenters. The van der Waals surface area contributed by atoms with E-state index in [1.165, 1.54) is 6.20 Å². The maximum absolute atomic E-state index is 9.36. The van der Waals surface area contributed by atoms with E-state index in [1.807, 2.05) is 54.6 Å². The highest BCUT2D eigenvalue weighted by Crippen LogP contribution is 2.43. The summed E-state index contributed by atoms with van der Waals surface area (Å²) in [4.78, 5) is 4.31. The van der Waals surface area contributed by atoms with E-state index in [-0.39, 0.29) is 0 Å². The Morgan fingerprint density at radius 2 is 1.83 bits per heavy atom. The van der Waals surface area contributed by atoms with Gasteiger partial charge in [-0.3, -0.25) is 0 Å². The van der Waals surface area contributed by atoms with Gasteiger partial charge >= 0.3 is 0 Å². The largest absolute Gasteiger partial charge is 0.494 e. The van der Waals surface area contributed by atoms with Gasteiger partial charge in [0.15, 0.2) is 0 Å². The van der Waals surface area contributed by atoms with E-state index in [0.29, 0.717) is 34.1 Å². The number of benzene rings is 2. The molecule has 0 saturated carbocycles. The molecule has 0 saturated heterocycles. The second kappa shape index (κ2) is 8.38. The summed E-state index contributed by atoms with van der Waals surface area (Å²) >= 11 is 6.55. The molecule has 0 aliphatic heterocycles. The fraction of sp³-hybridized carbons (Fsp3) is 0.167. The van der Waals surface area contributed by atoms with Crippen LogP contribution in [0.3, 0.4) is 0 Å². The highest BCUT2D eigenvalue weighted by Gasteiger charge is 2.22. The fourth-order valence-electron chi connectivity index (χ4n) is 3.23. The highest BCUT2D eigenvalue weighted by atomic mass is 35.5. The van der Waals surface area contributed by atoms with Crippen LogP contribution in [0.4, 0.5) is 0 Å². The molecule has 0 bridgehead atoms. The Balaban J connectivity index is 1.86. The molecule has 2 aromatic heterocycles. The first kappa shape index (κ1) is 19.0. The van der Waals surface area contributed by atoms with E-state index >= 15 is 0 Å². The zero-order valence-corrected chi connectivity index (χ0v) is 16.7. The number of furan rings is 1. The number of nitrogens with zero attached hydrogens (tertiary/aromatic N) is 2. The highest BCUT2D eigenvalue weighted by molar-refractivity contribution is 6.37. The molecule has 0 atom stereocenters. The van der Waals surface area contributed by atoms with Crippen LogP contribution in [0, 0.1) is 11.3 Å². The van der Waals surface area contributed by atoms with E-state index in [0.717, 1.165) is 35.3 Å². The number of ether oxygens (including phenoxy) is 1. The van der Waals surface area contributed by atoms with Crippen LogP contribution >= 0.6 is 11.6 Å². The fourth-order valence-corrected chi connectivity index (χ4v) is 3.49. The molecule has 4 nitrogen and oxygen atoms in total. The Bertz CT molecular complexity index is 1180. The molecule has 4 rings (SSSR count). The van der Waals surface area contributed by atoms with Crippen LogP contribution in [0.2, 0.25) is 5.02 Å². The van der Waals surface area contributed by atoms with Gasteiger partial charge in [-0.1, -0.05) is 55.3 Å². The minimum absolute atomic E-state index is 0.323. The molecule has 2 heterocycles. The summed E-state index contributed by atoms with van der Waals surface area (Å²) < 4.78 is 11.9. The van der Waals surface area contributed by atoms with E-state index in [9.17, 15) is 5.26 Å². The quantitative estimate of drug-likeness (QED) is 0.330. The van der Waals surface area contributed by atoms with Gasteiger partial charge in [-0.25, -0.2) is 4.98 Å². The monoisotopic (exact) mass is 402 g/mol. The average Bonchev–Trinajstić information content (AvgIpc) is 3.16. The summed E-state index contributed by atoms with van der Waals surface area (Å²) in [7, 11) is 0. The molecule has 0 spiro atoms. The molecule has 0 N–H and O–H groups in total. The van der Waals surface area contributed by atoms with Crippen molar-refractivity contribution in [2.75, 3.05) is 6.61 Å². The van der Waals surface area contributed by atoms with Crippen molar-refractivity contribution in [3.8, 4) is 34.3 Å². The van der Waals surface area contributed by atoms with Gasteiger partial charge in [0.2, 0.25) is 5.71 Å². The van der Waals surface area contributed by atoms with Crippen LogP contribution in [0.15, 0.2) is 65.2 Å². The molecule has 4 aromatic rings. The Morgan fingerprint density at radius 1 is 1.07 bits per heavy atom. The minimum Gasteiger partial charge on any atom is -0.494 e. The molecule has 0 fully saturated rings. The molecule has 0 aliphatic carbocycles. The van der Waals surface area contributed by atoms with Gasteiger partial charge in [0.05, 0.1) is 28.8 Å². The van der Waals surface area contributed by atoms with E-state index in [1.54, 1.807) is 0 Å². The molecular formula is C24H19ClN2O2. The number of hydrogen-bond donors (Lipinski definition) is 0. The third-order valence-corrected chi connectivity index (χ3v) is 5.12. The lowest BCUT2D eigenvalue weighted by molar-refractivity contribution is 0.309. The molecule has 144 valence electrons.